The first-order chi connectivity index (χ1) is 13.9. The van der Waals surface area contributed by atoms with Crippen LogP contribution in [0.4, 0.5) is 8.78 Å². The maximum absolute atomic E-state index is 13.9. The number of sulfonamides is 1. The molecule has 1 saturated heterocycles. The summed E-state index contributed by atoms with van der Waals surface area (Å²) in [6.45, 7) is 0.474. The summed E-state index contributed by atoms with van der Waals surface area (Å²) in [7, 11) is -3.66. The number of rotatable bonds is 3. The first kappa shape index (κ1) is 20.0. The van der Waals surface area contributed by atoms with Crippen LogP contribution in [0.3, 0.4) is 0 Å². The molecule has 1 fully saturated rings. The summed E-state index contributed by atoms with van der Waals surface area (Å²) in [6, 6.07) is 8.78. The summed E-state index contributed by atoms with van der Waals surface area (Å²) in [6.07, 6.45) is 4.06. The molecule has 2 aromatic rings. The number of halogens is 2. The molecular weight excluding hydrogens is 398 g/mol. The van der Waals surface area contributed by atoms with Gasteiger partial charge >= 0.3 is 0 Å². The number of aryl methyl sites for hydroxylation is 2. The van der Waals surface area contributed by atoms with Gasteiger partial charge in [-0.25, -0.2) is 17.2 Å². The van der Waals surface area contributed by atoms with Crippen LogP contribution in [-0.2, 0) is 22.9 Å². The minimum absolute atomic E-state index is 0.113. The lowest BCUT2D eigenvalue weighted by molar-refractivity contribution is 0.0692. The molecule has 0 radical (unpaired) electrons. The van der Waals surface area contributed by atoms with Gasteiger partial charge in [-0.3, -0.25) is 4.79 Å². The summed E-state index contributed by atoms with van der Waals surface area (Å²) in [4.78, 5) is 14.1. The van der Waals surface area contributed by atoms with Crippen molar-refractivity contribution in [2.24, 2.45) is 0 Å². The second-order valence-corrected chi connectivity index (χ2v) is 9.37. The SMILES string of the molecule is O=C(c1cccc(F)c1F)N1CCN(S(=O)(=O)c2ccc3c(c2)CCCC3)CC1. The highest BCUT2D eigenvalue weighted by Gasteiger charge is 2.32. The van der Waals surface area contributed by atoms with Gasteiger partial charge in [0.2, 0.25) is 10.0 Å². The summed E-state index contributed by atoms with van der Waals surface area (Å²) in [5.41, 5.74) is 1.96. The fourth-order valence-electron chi connectivity index (χ4n) is 3.99. The van der Waals surface area contributed by atoms with E-state index >= 15 is 0 Å². The van der Waals surface area contributed by atoms with Gasteiger partial charge in [0.15, 0.2) is 11.6 Å². The highest BCUT2D eigenvalue weighted by molar-refractivity contribution is 7.89. The maximum atomic E-state index is 13.9. The van der Waals surface area contributed by atoms with Crippen LogP contribution in [-0.4, -0.2) is 49.7 Å². The highest BCUT2D eigenvalue weighted by Crippen LogP contribution is 2.26. The van der Waals surface area contributed by atoms with Crippen molar-refractivity contribution in [2.45, 2.75) is 30.6 Å². The standard InChI is InChI=1S/C21H22F2N2O3S/c22-19-7-3-6-18(20(19)23)21(26)24-10-12-25(13-11-24)29(27,28)17-9-8-15-4-1-2-5-16(15)14-17/h3,6-9,14H,1-2,4-5,10-13H2. The molecule has 29 heavy (non-hydrogen) atoms. The molecule has 1 heterocycles. The molecule has 1 amide bonds. The van der Waals surface area contributed by atoms with Crippen molar-refractivity contribution in [1.82, 2.24) is 9.21 Å². The Kier molecular flexibility index (Phi) is 5.40. The highest BCUT2D eigenvalue weighted by atomic mass is 32.2. The Hall–Kier alpha value is -2.32. The van der Waals surface area contributed by atoms with Gasteiger partial charge in [0, 0.05) is 26.2 Å². The van der Waals surface area contributed by atoms with Gasteiger partial charge in [0.25, 0.3) is 5.91 Å². The number of hydrogen-bond donors (Lipinski definition) is 0. The number of benzene rings is 2. The molecule has 1 aliphatic heterocycles. The predicted octanol–water partition coefficient (Wildman–Crippen LogP) is 2.99. The van der Waals surface area contributed by atoms with Gasteiger partial charge in [0.05, 0.1) is 10.5 Å². The normalized spacial score (nSPS) is 17.8. The van der Waals surface area contributed by atoms with Crippen LogP contribution in [0.2, 0.25) is 0 Å². The lowest BCUT2D eigenvalue weighted by Gasteiger charge is -2.34. The molecule has 8 heteroatoms. The fraction of sp³-hybridized carbons (Fsp3) is 0.381. The molecule has 0 atom stereocenters. The molecule has 154 valence electrons. The summed E-state index contributed by atoms with van der Waals surface area (Å²) in [5.74, 6) is -2.89. The van der Waals surface area contributed by atoms with E-state index in [2.05, 4.69) is 0 Å². The number of fused-ring (bicyclic) bond motifs is 1. The second kappa shape index (κ2) is 7.84. The Morgan fingerprint density at radius 3 is 2.31 bits per heavy atom. The van der Waals surface area contributed by atoms with Crippen molar-refractivity contribution in [3.05, 3.63) is 64.7 Å². The van der Waals surface area contributed by atoms with Crippen molar-refractivity contribution < 1.29 is 22.0 Å². The third kappa shape index (κ3) is 3.79. The fourth-order valence-corrected chi connectivity index (χ4v) is 5.46. The molecule has 0 unspecified atom stereocenters. The molecule has 5 nitrogen and oxygen atoms in total. The Labute approximate surface area is 169 Å². The van der Waals surface area contributed by atoms with Gasteiger partial charge in [-0.05, 0) is 61.1 Å². The lowest BCUT2D eigenvalue weighted by atomic mass is 9.92. The number of carbonyl (C=O) groups excluding carboxylic acids is 1. The average molecular weight is 420 g/mol. The molecule has 1 aliphatic carbocycles. The van der Waals surface area contributed by atoms with Crippen LogP contribution in [0.25, 0.3) is 0 Å². The van der Waals surface area contributed by atoms with Gasteiger partial charge in [0.1, 0.15) is 0 Å². The molecular formula is C21H22F2N2O3S. The van der Waals surface area contributed by atoms with Gasteiger partial charge < -0.3 is 4.90 Å². The van der Waals surface area contributed by atoms with Crippen LogP contribution in [0, 0.1) is 11.6 Å². The monoisotopic (exact) mass is 420 g/mol. The van der Waals surface area contributed by atoms with Gasteiger partial charge in [-0.2, -0.15) is 4.31 Å². The Morgan fingerprint density at radius 2 is 1.59 bits per heavy atom. The number of amides is 1. The topological polar surface area (TPSA) is 57.7 Å². The molecule has 2 aromatic carbocycles. The van der Waals surface area contributed by atoms with E-state index in [1.54, 1.807) is 12.1 Å². The van der Waals surface area contributed by atoms with Crippen molar-refractivity contribution in [2.75, 3.05) is 26.2 Å². The van der Waals surface area contributed by atoms with E-state index < -0.39 is 27.6 Å². The minimum atomic E-state index is -3.66. The van der Waals surface area contributed by atoms with Crippen LogP contribution < -0.4 is 0 Å². The number of nitrogens with zero attached hydrogens (tertiary/aromatic N) is 2. The first-order valence-corrected chi connectivity index (χ1v) is 11.2. The van der Waals surface area contributed by atoms with Crippen molar-refractivity contribution in [1.29, 1.82) is 0 Å². The quantitative estimate of drug-likeness (QED) is 0.767. The number of hydrogen-bond acceptors (Lipinski definition) is 3. The predicted molar refractivity (Wildman–Crippen MR) is 104 cm³/mol. The van der Waals surface area contributed by atoms with E-state index in [0.29, 0.717) is 0 Å². The van der Waals surface area contributed by atoms with E-state index in [9.17, 15) is 22.0 Å². The van der Waals surface area contributed by atoms with E-state index in [-0.39, 0.29) is 36.6 Å². The number of carbonyl (C=O) groups is 1. The third-order valence-electron chi connectivity index (χ3n) is 5.67. The molecule has 0 bridgehead atoms. The zero-order valence-electron chi connectivity index (χ0n) is 15.9. The Balaban J connectivity index is 1.47. The molecule has 0 N–H and O–H groups in total. The second-order valence-electron chi connectivity index (χ2n) is 7.44. The lowest BCUT2D eigenvalue weighted by Crippen LogP contribution is -2.50. The Morgan fingerprint density at radius 1 is 0.897 bits per heavy atom. The van der Waals surface area contributed by atoms with E-state index in [0.717, 1.165) is 37.3 Å². The van der Waals surface area contributed by atoms with Crippen molar-refractivity contribution >= 4 is 15.9 Å². The number of piperazine rings is 1. The smallest absolute Gasteiger partial charge is 0.257 e. The van der Waals surface area contributed by atoms with Crippen molar-refractivity contribution in [3.8, 4) is 0 Å². The van der Waals surface area contributed by atoms with Crippen molar-refractivity contribution in [3.63, 3.8) is 0 Å². The van der Waals surface area contributed by atoms with E-state index in [4.69, 9.17) is 0 Å². The zero-order chi connectivity index (χ0) is 20.6. The molecule has 4 rings (SSSR count). The van der Waals surface area contributed by atoms with Crippen LogP contribution in [0.15, 0.2) is 41.3 Å². The Bertz CT molecular complexity index is 1050. The van der Waals surface area contributed by atoms with Crippen LogP contribution >= 0.6 is 0 Å². The summed E-state index contributed by atoms with van der Waals surface area (Å²) < 4.78 is 54.7. The summed E-state index contributed by atoms with van der Waals surface area (Å²) in [5, 5.41) is 0. The first-order valence-electron chi connectivity index (χ1n) is 9.73. The van der Waals surface area contributed by atoms with E-state index in [1.165, 1.54) is 26.9 Å². The van der Waals surface area contributed by atoms with Crippen LogP contribution in [0.5, 0.6) is 0 Å². The minimum Gasteiger partial charge on any atom is -0.336 e. The van der Waals surface area contributed by atoms with E-state index in [1.807, 2.05) is 6.07 Å². The third-order valence-corrected chi connectivity index (χ3v) is 7.56. The zero-order valence-corrected chi connectivity index (χ0v) is 16.7. The maximum Gasteiger partial charge on any atom is 0.257 e. The largest absolute Gasteiger partial charge is 0.336 e. The average Bonchev–Trinajstić information content (AvgIpc) is 2.75. The molecule has 2 aliphatic rings. The molecule has 0 aromatic heterocycles. The molecule has 0 spiro atoms. The van der Waals surface area contributed by atoms with Gasteiger partial charge in [-0.1, -0.05) is 12.1 Å². The summed E-state index contributed by atoms with van der Waals surface area (Å²) >= 11 is 0. The van der Waals surface area contributed by atoms with Crippen LogP contribution in [0.1, 0.15) is 34.3 Å². The molecule has 0 saturated carbocycles. The van der Waals surface area contributed by atoms with Gasteiger partial charge in [-0.15, -0.1) is 0 Å².